The van der Waals surface area contributed by atoms with Gasteiger partial charge in [-0.3, -0.25) is 0 Å². The number of β-amino-alcohol motifs (C(OH)–C–C–N with tert-alkyl or cyclic N) is 1. The lowest BCUT2D eigenvalue weighted by Gasteiger charge is -2.29. The molecule has 1 unspecified atom stereocenters. The summed E-state index contributed by atoms with van der Waals surface area (Å²) in [5.41, 5.74) is 5.47. The zero-order valence-corrected chi connectivity index (χ0v) is 10.1. The van der Waals surface area contributed by atoms with E-state index in [1.165, 1.54) is 22.6 Å². The average Bonchev–Trinajstić information content (AvgIpc) is 2.29. The van der Waals surface area contributed by atoms with E-state index in [1.807, 2.05) is 0 Å². The van der Waals surface area contributed by atoms with Crippen LogP contribution in [0.2, 0.25) is 0 Å². The van der Waals surface area contributed by atoms with Crippen LogP contribution >= 0.6 is 0 Å². The van der Waals surface area contributed by atoms with Crippen LogP contribution in [0.4, 0.5) is 5.82 Å². The van der Waals surface area contributed by atoms with Crippen molar-refractivity contribution in [2.75, 3.05) is 18.8 Å². The number of aromatic nitrogens is 1. The fourth-order valence-corrected chi connectivity index (χ4v) is 3.42. The van der Waals surface area contributed by atoms with E-state index in [1.54, 1.807) is 0 Å². The second kappa shape index (κ2) is 4.59. The molecule has 1 aromatic heterocycles. The van der Waals surface area contributed by atoms with Crippen LogP contribution in [-0.2, 0) is 10.0 Å². The van der Waals surface area contributed by atoms with Crippen LogP contribution in [0.15, 0.2) is 23.2 Å². The summed E-state index contributed by atoms with van der Waals surface area (Å²) in [7, 11) is -3.56. The van der Waals surface area contributed by atoms with Crippen molar-refractivity contribution in [3.8, 4) is 0 Å². The first kappa shape index (κ1) is 12.3. The molecule has 0 amide bonds. The van der Waals surface area contributed by atoms with Crippen LogP contribution in [0, 0.1) is 0 Å². The van der Waals surface area contributed by atoms with Crippen molar-refractivity contribution in [1.29, 1.82) is 0 Å². The van der Waals surface area contributed by atoms with Crippen molar-refractivity contribution in [3.05, 3.63) is 18.3 Å². The number of nitrogens with zero attached hydrogens (tertiary/aromatic N) is 2. The summed E-state index contributed by atoms with van der Waals surface area (Å²) >= 11 is 0. The Kier molecular flexibility index (Phi) is 3.32. The van der Waals surface area contributed by atoms with E-state index in [0.717, 1.165) is 0 Å². The largest absolute Gasteiger partial charge is 0.392 e. The lowest BCUT2D eigenvalue weighted by Crippen LogP contribution is -2.42. The van der Waals surface area contributed by atoms with Crippen molar-refractivity contribution in [2.24, 2.45) is 0 Å². The number of rotatable bonds is 2. The van der Waals surface area contributed by atoms with Gasteiger partial charge in [0.1, 0.15) is 5.82 Å². The molecule has 1 atom stereocenters. The minimum atomic E-state index is -3.56. The van der Waals surface area contributed by atoms with Gasteiger partial charge in [-0.25, -0.2) is 13.4 Å². The van der Waals surface area contributed by atoms with E-state index >= 15 is 0 Å². The SMILES string of the molecule is Nc1cc(S(=O)(=O)N2CCCC(O)C2)ccn1. The van der Waals surface area contributed by atoms with Gasteiger partial charge < -0.3 is 10.8 Å². The lowest BCUT2D eigenvalue weighted by atomic mass is 10.1. The van der Waals surface area contributed by atoms with E-state index in [4.69, 9.17) is 5.73 Å². The lowest BCUT2D eigenvalue weighted by molar-refractivity contribution is 0.108. The highest BCUT2D eigenvalue weighted by Gasteiger charge is 2.29. The summed E-state index contributed by atoms with van der Waals surface area (Å²) in [4.78, 5) is 3.88. The Labute approximate surface area is 100 Å². The number of hydrogen-bond acceptors (Lipinski definition) is 5. The molecule has 2 heterocycles. The van der Waals surface area contributed by atoms with Gasteiger partial charge in [-0.05, 0) is 18.9 Å². The van der Waals surface area contributed by atoms with Crippen molar-refractivity contribution in [1.82, 2.24) is 9.29 Å². The van der Waals surface area contributed by atoms with Gasteiger partial charge >= 0.3 is 0 Å². The molecule has 0 radical (unpaired) electrons. The maximum Gasteiger partial charge on any atom is 0.243 e. The van der Waals surface area contributed by atoms with E-state index < -0.39 is 16.1 Å². The molecule has 1 aliphatic rings. The molecular weight excluding hydrogens is 242 g/mol. The number of anilines is 1. The molecule has 0 spiro atoms. The number of hydrogen-bond donors (Lipinski definition) is 2. The van der Waals surface area contributed by atoms with Gasteiger partial charge in [0.2, 0.25) is 10.0 Å². The van der Waals surface area contributed by atoms with Crippen LogP contribution in [-0.4, -0.2) is 42.0 Å². The van der Waals surface area contributed by atoms with Crippen LogP contribution in [0.25, 0.3) is 0 Å². The quantitative estimate of drug-likeness (QED) is 0.765. The van der Waals surface area contributed by atoms with Gasteiger partial charge in [0.15, 0.2) is 0 Å². The fourth-order valence-electron chi connectivity index (χ4n) is 1.88. The van der Waals surface area contributed by atoms with Crippen LogP contribution in [0.1, 0.15) is 12.8 Å². The topological polar surface area (TPSA) is 96.5 Å². The molecule has 17 heavy (non-hydrogen) atoms. The summed E-state index contributed by atoms with van der Waals surface area (Å²) in [6.45, 7) is 0.576. The summed E-state index contributed by atoms with van der Waals surface area (Å²) in [6.07, 6.45) is 2.09. The number of aliphatic hydroxyl groups is 1. The van der Waals surface area contributed by atoms with Gasteiger partial charge in [0.25, 0.3) is 0 Å². The van der Waals surface area contributed by atoms with E-state index in [0.29, 0.717) is 19.4 Å². The van der Waals surface area contributed by atoms with Gasteiger partial charge in [0, 0.05) is 25.4 Å². The molecule has 7 heteroatoms. The van der Waals surface area contributed by atoms with Crippen LogP contribution < -0.4 is 5.73 Å². The Morgan fingerprint density at radius 1 is 1.53 bits per heavy atom. The molecular formula is C10H15N3O3S. The van der Waals surface area contributed by atoms with Crippen LogP contribution in [0.5, 0.6) is 0 Å². The Hall–Kier alpha value is -1.18. The second-order valence-electron chi connectivity index (χ2n) is 4.08. The molecule has 3 N–H and O–H groups in total. The number of aliphatic hydroxyl groups excluding tert-OH is 1. The second-order valence-corrected chi connectivity index (χ2v) is 6.01. The molecule has 94 valence electrons. The van der Waals surface area contributed by atoms with Gasteiger partial charge in [0.05, 0.1) is 11.0 Å². The number of nitrogens with two attached hydrogens (primary N) is 1. The average molecular weight is 257 g/mol. The monoisotopic (exact) mass is 257 g/mol. The first-order valence-corrected chi connectivity index (χ1v) is 6.84. The van der Waals surface area contributed by atoms with E-state index in [9.17, 15) is 13.5 Å². The fraction of sp³-hybridized carbons (Fsp3) is 0.500. The van der Waals surface area contributed by atoms with Crippen LogP contribution in [0.3, 0.4) is 0 Å². The normalized spacial score (nSPS) is 22.5. The molecule has 0 aromatic carbocycles. The smallest absolute Gasteiger partial charge is 0.243 e. The predicted molar refractivity (Wildman–Crippen MR) is 62.6 cm³/mol. The molecule has 1 fully saturated rings. The molecule has 1 aliphatic heterocycles. The first-order chi connectivity index (χ1) is 8.00. The third-order valence-corrected chi connectivity index (χ3v) is 4.61. The molecule has 1 aromatic rings. The summed E-state index contributed by atoms with van der Waals surface area (Å²) in [5, 5.41) is 9.50. The third-order valence-electron chi connectivity index (χ3n) is 2.75. The van der Waals surface area contributed by atoms with Gasteiger partial charge in [-0.1, -0.05) is 0 Å². The Morgan fingerprint density at radius 2 is 2.29 bits per heavy atom. The highest BCUT2D eigenvalue weighted by atomic mass is 32.2. The van der Waals surface area contributed by atoms with Crippen molar-refractivity contribution in [2.45, 2.75) is 23.8 Å². The van der Waals surface area contributed by atoms with Gasteiger partial charge in [-0.15, -0.1) is 0 Å². The van der Waals surface area contributed by atoms with Gasteiger partial charge in [-0.2, -0.15) is 4.31 Å². The molecule has 0 saturated carbocycles. The molecule has 2 rings (SSSR count). The number of piperidine rings is 1. The molecule has 1 saturated heterocycles. The summed E-state index contributed by atoms with van der Waals surface area (Å²) in [5.74, 6) is 0.170. The Bertz CT molecular complexity index is 503. The number of sulfonamides is 1. The van der Waals surface area contributed by atoms with Crippen molar-refractivity contribution >= 4 is 15.8 Å². The highest BCUT2D eigenvalue weighted by Crippen LogP contribution is 2.21. The molecule has 0 bridgehead atoms. The minimum absolute atomic E-state index is 0.124. The molecule has 0 aliphatic carbocycles. The number of nitrogen functional groups attached to an aromatic ring is 1. The third kappa shape index (κ3) is 2.56. The standard InChI is InChI=1S/C10H15N3O3S/c11-10-6-9(3-4-12-10)17(15,16)13-5-1-2-8(14)7-13/h3-4,6,8,14H,1-2,5,7H2,(H2,11,12). The number of pyridine rings is 1. The highest BCUT2D eigenvalue weighted by molar-refractivity contribution is 7.89. The Morgan fingerprint density at radius 3 is 2.94 bits per heavy atom. The van der Waals surface area contributed by atoms with E-state index in [-0.39, 0.29) is 17.3 Å². The molecule has 6 nitrogen and oxygen atoms in total. The van der Waals surface area contributed by atoms with Crippen molar-refractivity contribution in [3.63, 3.8) is 0 Å². The van der Waals surface area contributed by atoms with Crippen molar-refractivity contribution < 1.29 is 13.5 Å². The minimum Gasteiger partial charge on any atom is -0.392 e. The zero-order valence-electron chi connectivity index (χ0n) is 9.28. The summed E-state index contributed by atoms with van der Waals surface area (Å²) < 4.78 is 25.7. The maximum absolute atomic E-state index is 12.2. The maximum atomic E-state index is 12.2. The predicted octanol–water partition coefficient (Wildman–Crippen LogP) is -0.191. The van der Waals surface area contributed by atoms with E-state index in [2.05, 4.69) is 4.98 Å². The Balaban J connectivity index is 2.29. The zero-order chi connectivity index (χ0) is 12.5. The summed E-state index contributed by atoms with van der Waals surface area (Å²) in [6, 6.07) is 2.74. The first-order valence-electron chi connectivity index (χ1n) is 5.40.